The fourth-order valence-corrected chi connectivity index (χ4v) is 3.83. The van der Waals surface area contributed by atoms with E-state index in [0.717, 1.165) is 25.1 Å². The molecule has 1 aromatic rings. The monoisotopic (exact) mass is 317 g/mol. The van der Waals surface area contributed by atoms with E-state index in [1.807, 2.05) is 7.05 Å². The van der Waals surface area contributed by atoms with E-state index in [1.54, 1.807) is 6.07 Å². The highest BCUT2D eigenvalue weighted by atomic mass is 35.5. The Morgan fingerprint density at radius 1 is 1.50 bits per heavy atom. The summed E-state index contributed by atoms with van der Waals surface area (Å²) in [7, 11) is -1.47. The smallest absolute Gasteiger partial charge is 0.240 e. The summed E-state index contributed by atoms with van der Waals surface area (Å²) in [6, 6.07) is 4.64. The molecular formula is C13H20ClN3O2S. The van der Waals surface area contributed by atoms with E-state index in [2.05, 4.69) is 9.62 Å². The Hall–Kier alpha value is -0.660. The number of nitrogens with one attached hydrogen (secondary N) is 1. The van der Waals surface area contributed by atoms with Gasteiger partial charge in [-0.05, 0) is 43.6 Å². The van der Waals surface area contributed by atoms with E-state index in [0.29, 0.717) is 24.0 Å². The largest absolute Gasteiger partial charge is 0.326 e. The van der Waals surface area contributed by atoms with Gasteiger partial charge in [0.1, 0.15) is 0 Å². The first-order chi connectivity index (χ1) is 9.42. The minimum absolute atomic E-state index is 0.186. The van der Waals surface area contributed by atoms with Gasteiger partial charge in [-0.15, -0.1) is 0 Å². The zero-order valence-corrected chi connectivity index (χ0v) is 13.0. The van der Waals surface area contributed by atoms with Crippen molar-refractivity contribution >= 4 is 21.6 Å². The first-order valence-electron chi connectivity index (χ1n) is 6.59. The number of halogens is 1. The summed E-state index contributed by atoms with van der Waals surface area (Å²) in [5.74, 6) is 0.369. The Labute approximate surface area is 125 Å². The van der Waals surface area contributed by atoms with Crippen molar-refractivity contribution in [1.82, 2.24) is 9.62 Å². The maximum Gasteiger partial charge on any atom is 0.240 e. The lowest BCUT2D eigenvalue weighted by Gasteiger charge is -2.13. The van der Waals surface area contributed by atoms with Crippen molar-refractivity contribution in [3.05, 3.63) is 28.8 Å². The summed E-state index contributed by atoms with van der Waals surface area (Å²) >= 11 is 6.00. The molecule has 5 nitrogen and oxygen atoms in total. The molecule has 7 heteroatoms. The molecule has 1 fully saturated rings. The maximum atomic E-state index is 12.2. The van der Waals surface area contributed by atoms with Gasteiger partial charge >= 0.3 is 0 Å². The maximum absolute atomic E-state index is 12.2. The minimum Gasteiger partial charge on any atom is -0.326 e. The van der Waals surface area contributed by atoms with Gasteiger partial charge in [-0.1, -0.05) is 17.7 Å². The van der Waals surface area contributed by atoms with E-state index in [-0.39, 0.29) is 4.90 Å². The van der Waals surface area contributed by atoms with Crippen molar-refractivity contribution in [2.24, 2.45) is 11.7 Å². The van der Waals surface area contributed by atoms with Crippen molar-refractivity contribution in [3.8, 4) is 0 Å². The number of benzene rings is 1. The molecule has 2 rings (SSSR count). The molecule has 3 N–H and O–H groups in total. The third-order valence-corrected chi connectivity index (χ3v) is 5.38. The van der Waals surface area contributed by atoms with Crippen LogP contribution in [0.2, 0.25) is 5.02 Å². The lowest BCUT2D eigenvalue weighted by Crippen LogP contribution is -2.30. The van der Waals surface area contributed by atoms with Crippen molar-refractivity contribution in [3.63, 3.8) is 0 Å². The average molecular weight is 318 g/mol. The Kier molecular flexibility index (Phi) is 5.04. The van der Waals surface area contributed by atoms with Gasteiger partial charge < -0.3 is 10.6 Å². The molecule has 0 aromatic heterocycles. The third-order valence-electron chi connectivity index (χ3n) is 3.61. The van der Waals surface area contributed by atoms with Crippen LogP contribution < -0.4 is 10.5 Å². The summed E-state index contributed by atoms with van der Waals surface area (Å²) in [6.45, 7) is 2.70. The summed E-state index contributed by atoms with van der Waals surface area (Å²) in [6.07, 6.45) is 1.02. The summed E-state index contributed by atoms with van der Waals surface area (Å²) in [4.78, 5) is 2.39. The van der Waals surface area contributed by atoms with Gasteiger partial charge in [-0.2, -0.15) is 0 Å². The van der Waals surface area contributed by atoms with Crippen LogP contribution in [-0.2, 0) is 16.6 Å². The molecule has 0 spiro atoms. The molecule has 1 unspecified atom stereocenters. The van der Waals surface area contributed by atoms with Crippen LogP contribution in [0.25, 0.3) is 0 Å². The number of hydrogen-bond donors (Lipinski definition) is 2. The second-order valence-corrected chi connectivity index (χ2v) is 7.40. The van der Waals surface area contributed by atoms with E-state index >= 15 is 0 Å². The molecular weight excluding hydrogens is 298 g/mol. The van der Waals surface area contributed by atoms with E-state index in [4.69, 9.17) is 17.3 Å². The molecule has 0 aliphatic carbocycles. The molecule has 1 aromatic carbocycles. The highest BCUT2D eigenvalue weighted by Gasteiger charge is 2.22. The zero-order valence-electron chi connectivity index (χ0n) is 11.5. The Morgan fingerprint density at radius 2 is 2.25 bits per heavy atom. The topological polar surface area (TPSA) is 75.4 Å². The first-order valence-corrected chi connectivity index (χ1v) is 8.45. The summed E-state index contributed by atoms with van der Waals surface area (Å²) in [5.41, 5.74) is 6.25. The molecule has 1 atom stereocenters. The molecule has 1 saturated heterocycles. The van der Waals surface area contributed by atoms with Crippen LogP contribution in [0.15, 0.2) is 23.1 Å². The van der Waals surface area contributed by atoms with Crippen molar-refractivity contribution in [2.45, 2.75) is 17.9 Å². The van der Waals surface area contributed by atoms with E-state index < -0.39 is 10.0 Å². The minimum atomic E-state index is -3.51. The van der Waals surface area contributed by atoms with Crippen LogP contribution in [-0.4, -0.2) is 40.0 Å². The highest BCUT2D eigenvalue weighted by Crippen LogP contribution is 2.21. The number of nitrogens with zero attached hydrogens (tertiary/aromatic N) is 1. The number of hydrogen-bond acceptors (Lipinski definition) is 4. The summed E-state index contributed by atoms with van der Waals surface area (Å²) in [5, 5.41) is 0.385. The molecule has 0 bridgehead atoms. The standard InChI is InChI=1S/C13H20ClN3O2S/c1-17-5-4-10(9-17)8-16-20(18,19)12-3-2-11(7-15)13(14)6-12/h2-3,6,10,16H,4-5,7-9,15H2,1H3. The number of nitrogens with two attached hydrogens (primary N) is 1. The van der Waals surface area contributed by atoms with Gasteiger partial charge in [0.25, 0.3) is 0 Å². The molecule has 1 heterocycles. The quantitative estimate of drug-likeness (QED) is 0.850. The molecule has 20 heavy (non-hydrogen) atoms. The molecule has 0 amide bonds. The van der Waals surface area contributed by atoms with Crippen LogP contribution in [0.3, 0.4) is 0 Å². The van der Waals surface area contributed by atoms with E-state index in [9.17, 15) is 8.42 Å². The fourth-order valence-electron chi connectivity index (χ4n) is 2.36. The van der Waals surface area contributed by atoms with E-state index in [1.165, 1.54) is 12.1 Å². The van der Waals surface area contributed by atoms with Gasteiger partial charge in [0, 0.05) is 24.7 Å². The SMILES string of the molecule is CN1CCC(CNS(=O)(=O)c2ccc(CN)c(Cl)c2)C1. The fraction of sp³-hybridized carbons (Fsp3) is 0.538. The molecule has 0 saturated carbocycles. The van der Waals surface area contributed by atoms with Crippen LogP contribution >= 0.6 is 11.6 Å². The van der Waals surface area contributed by atoms with Crippen molar-refractivity contribution < 1.29 is 8.42 Å². The second kappa shape index (κ2) is 6.41. The van der Waals surface area contributed by atoms with Crippen LogP contribution in [0.5, 0.6) is 0 Å². The van der Waals surface area contributed by atoms with Crippen LogP contribution in [0, 0.1) is 5.92 Å². The van der Waals surface area contributed by atoms with Crippen LogP contribution in [0.1, 0.15) is 12.0 Å². The number of sulfonamides is 1. The van der Waals surface area contributed by atoms with Gasteiger partial charge in [0.05, 0.1) is 4.90 Å². The molecule has 1 aliphatic rings. The predicted molar refractivity (Wildman–Crippen MR) is 80.1 cm³/mol. The molecule has 112 valence electrons. The van der Waals surface area contributed by atoms with Crippen LogP contribution in [0.4, 0.5) is 0 Å². The number of rotatable bonds is 5. The molecule has 0 radical (unpaired) electrons. The van der Waals surface area contributed by atoms with Gasteiger partial charge in [-0.25, -0.2) is 13.1 Å². The van der Waals surface area contributed by atoms with Gasteiger partial charge in [-0.3, -0.25) is 0 Å². The van der Waals surface area contributed by atoms with Crippen molar-refractivity contribution in [1.29, 1.82) is 0 Å². The Balaban J connectivity index is 2.04. The lowest BCUT2D eigenvalue weighted by molar-refractivity contribution is 0.394. The Morgan fingerprint density at radius 3 is 2.80 bits per heavy atom. The normalized spacial score (nSPS) is 20.4. The zero-order chi connectivity index (χ0) is 14.8. The van der Waals surface area contributed by atoms with Gasteiger partial charge in [0.2, 0.25) is 10.0 Å². The third kappa shape index (κ3) is 3.71. The predicted octanol–water partition coefficient (Wildman–Crippen LogP) is 1.03. The second-order valence-electron chi connectivity index (χ2n) is 5.23. The molecule has 1 aliphatic heterocycles. The lowest BCUT2D eigenvalue weighted by atomic mass is 10.1. The van der Waals surface area contributed by atoms with Gasteiger partial charge in [0.15, 0.2) is 0 Å². The Bertz CT molecular complexity index is 577. The average Bonchev–Trinajstić information content (AvgIpc) is 2.82. The number of likely N-dealkylation sites (tertiary alicyclic amines) is 1. The van der Waals surface area contributed by atoms with Crippen molar-refractivity contribution in [2.75, 3.05) is 26.7 Å². The first kappa shape index (κ1) is 15.7. The summed E-state index contributed by atoms with van der Waals surface area (Å²) < 4.78 is 27.1. The highest BCUT2D eigenvalue weighted by molar-refractivity contribution is 7.89.